The van der Waals surface area contributed by atoms with E-state index in [1.165, 1.54) is 44.1 Å². The van der Waals surface area contributed by atoms with Crippen molar-refractivity contribution in [2.24, 2.45) is 5.41 Å². The molecule has 2 aromatic rings. The van der Waals surface area contributed by atoms with Gasteiger partial charge in [0.1, 0.15) is 11.6 Å². The molecule has 1 aromatic heterocycles. The molecule has 2 aliphatic carbocycles. The summed E-state index contributed by atoms with van der Waals surface area (Å²) in [5.41, 5.74) is 3.62. The minimum atomic E-state index is -0.0871. The van der Waals surface area contributed by atoms with E-state index >= 15 is 0 Å². The molecule has 1 aromatic carbocycles. The Balaban J connectivity index is 1.25. The third-order valence-electron chi connectivity index (χ3n) is 8.02. The van der Waals surface area contributed by atoms with Crippen LogP contribution in [-0.2, 0) is 4.74 Å². The van der Waals surface area contributed by atoms with Gasteiger partial charge >= 0.3 is 0 Å². The molecule has 0 radical (unpaired) electrons. The largest absolute Gasteiger partial charge is 0.375 e. The van der Waals surface area contributed by atoms with Crippen molar-refractivity contribution < 1.29 is 9.53 Å². The lowest BCUT2D eigenvalue weighted by atomic mass is 9.93. The fourth-order valence-corrected chi connectivity index (χ4v) is 5.83. The quantitative estimate of drug-likeness (QED) is 0.553. The number of aromatic nitrogens is 1. The SMILES string of the molecule is C[C@@H]1CN(c2cc(C3CC3)cc(NC(=O)c3ccc(Br)cc3N3CCC4(CC3)CC4)n2)CCO1. The molecule has 2 saturated heterocycles. The number of carbonyl (C=O) groups is 1. The molecule has 1 atom stereocenters. The number of nitrogens with one attached hydrogen (secondary N) is 1. The van der Waals surface area contributed by atoms with Gasteiger partial charge in [-0.25, -0.2) is 4.98 Å². The first kappa shape index (κ1) is 22.4. The Morgan fingerprint density at radius 1 is 1.09 bits per heavy atom. The number of halogens is 1. The Hall–Kier alpha value is -2.12. The third-order valence-corrected chi connectivity index (χ3v) is 8.51. The Kier molecular flexibility index (Phi) is 5.80. The second kappa shape index (κ2) is 8.83. The van der Waals surface area contributed by atoms with Gasteiger partial charge in [0.2, 0.25) is 0 Å². The van der Waals surface area contributed by atoms with Crippen LogP contribution in [0.4, 0.5) is 17.3 Å². The average Bonchev–Trinajstić information content (AvgIpc) is 3.76. The highest BCUT2D eigenvalue weighted by Crippen LogP contribution is 2.54. The summed E-state index contributed by atoms with van der Waals surface area (Å²) in [6.45, 7) is 6.49. The molecule has 6 rings (SSSR count). The van der Waals surface area contributed by atoms with E-state index in [4.69, 9.17) is 9.72 Å². The summed E-state index contributed by atoms with van der Waals surface area (Å²) < 4.78 is 6.72. The summed E-state index contributed by atoms with van der Waals surface area (Å²) in [7, 11) is 0. The maximum Gasteiger partial charge on any atom is 0.258 e. The number of carbonyl (C=O) groups excluding carboxylic acids is 1. The number of anilines is 3. The van der Waals surface area contributed by atoms with Crippen LogP contribution in [0, 0.1) is 5.41 Å². The molecule has 3 heterocycles. The van der Waals surface area contributed by atoms with Crippen molar-refractivity contribution in [1.82, 2.24) is 4.98 Å². The molecule has 7 heteroatoms. The van der Waals surface area contributed by atoms with Crippen LogP contribution < -0.4 is 15.1 Å². The number of rotatable bonds is 5. The van der Waals surface area contributed by atoms with Crippen LogP contribution in [0.3, 0.4) is 0 Å². The van der Waals surface area contributed by atoms with Crippen LogP contribution >= 0.6 is 15.9 Å². The minimum absolute atomic E-state index is 0.0871. The van der Waals surface area contributed by atoms with Gasteiger partial charge < -0.3 is 19.9 Å². The fraction of sp³-hybridized carbons (Fsp3) is 0.556. The number of ether oxygens (including phenoxy) is 1. The van der Waals surface area contributed by atoms with E-state index in [9.17, 15) is 4.79 Å². The first-order valence-corrected chi connectivity index (χ1v) is 13.5. The van der Waals surface area contributed by atoms with Gasteiger partial charge in [-0.15, -0.1) is 0 Å². The monoisotopic (exact) mass is 524 g/mol. The van der Waals surface area contributed by atoms with Crippen molar-refractivity contribution in [2.75, 3.05) is 47.9 Å². The topological polar surface area (TPSA) is 57.7 Å². The summed E-state index contributed by atoms with van der Waals surface area (Å²) in [5, 5.41) is 3.15. The van der Waals surface area contributed by atoms with Gasteiger partial charge in [0.05, 0.1) is 24.0 Å². The molecule has 4 fully saturated rings. The fourth-order valence-electron chi connectivity index (χ4n) is 5.48. The Bertz CT molecular complexity index is 1090. The molecule has 1 spiro atoms. The minimum Gasteiger partial charge on any atom is -0.375 e. The van der Waals surface area contributed by atoms with Gasteiger partial charge in [0, 0.05) is 30.7 Å². The van der Waals surface area contributed by atoms with E-state index < -0.39 is 0 Å². The molecule has 1 N–H and O–H groups in total. The molecule has 1 amide bonds. The van der Waals surface area contributed by atoms with Gasteiger partial charge in [-0.05, 0) is 92.7 Å². The van der Waals surface area contributed by atoms with E-state index in [0.29, 0.717) is 23.8 Å². The van der Waals surface area contributed by atoms with Crippen LogP contribution in [0.2, 0.25) is 0 Å². The van der Waals surface area contributed by atoms with Crippen molar-refractivity contribution in [2.45, 2.75) is 57.5 Å². The second-order valence-corrected chi connectivity index (χ2v) is 11.6. The van der Waals surface area contributed by atoms with E-state index in [2.05, 4.69) is 56.2 Å². The Labute approximate surface area is 210 Å². The van der Waals surface area contributed by atoms with Crippen molar-refractivity contribution in [1.29, 1.82) is 0 Å². The third kappa shape index (κ3) is 4.69. The number of morpholine rings is 1. The normalized spacial score (nSPS) is 23.8. The van der Waals surface area contributed by atoms with Gasteiger partial charge in [0.15, 0.2) is 0 Å². The molecular formula is C27H33BrN4O2. The molecule has 0 bridgehead atoms. The lowest BCUT2D eigenvalue weighted by Gasteiger charge is -2.35. The molecule has 4 aliphatic rings. The zero-order valence-electron chi connectivity index (χ0n) is 19.9. The lowest BCUT2D eigenvalue weighted by molar-refractivity contribution is 0.0529. The van der Waals surface area contributed by atoms with Crippen LogP contribution in [0.5, 0.6) is 0 Å². The van der Waals surface area contributed by atoms with E-state index in [0.717, 1.165) is 47.7 Å². The predicted octanol–water partition coefficient (Wildman–Crippen LogP) is 5.58. The molecule has 2 saturated carbocycles. The van der Waals surface area contributed by atoms with Crippen LogP contribution in [0.25, 0.3) is 0 Å². The highest BCUT2D eigenvalue weighted by Gasteiger charge is 2.44. The Morgan fingerprint density at radius 3 is 2.59 bits per heavy atom. The van der Waals surface area contributed by atoms with E-state index in [1.807, 2.05) is 12.1 Å². The number of hydrogen-bond donors (Lipinski definition) is 1. The maximum atomic E-state index is 13.5. The van der Waals surface area contributed by atoms with Gasteiger partial charge in [0.25, 0.3) is 5.91 Å². The van der Waals surface area contributed by atoms with Crippen LogP contribution in [-0.4, -0.2) is 49.8 Å². The highest BCUT2D eigenvalue weighted by atomic mass is 79.9. The standard InChI is InChI=1S/C27H33BrN4O2/c1-18-17-32(12-13-34-18)25-15-20(19-2-3-19)14-24(29-25)30-26(33)22-5-4-21(28)16-23(22)31-10-8-27(6-7-27)9-11-31/h4-5,14-16,18-19H,2-3,6-13,17H2,1H3,(H,29,30,33)/t18-/m1/s1. The van der Waals surface area contributed by atoms with E-state index in [-0.39, 0.29) is 12.0 Å². The number of pyridine rings is 1. The van der Waals surface area contributed by atoms with Crippen molar-refractivity contribution in [3.8, 4) is 0 Å². The second-order valence-electron chi connectivity index (χ2n) is 10.6. The van der Waals surface area contributed by atoms with Gasteiger partial charge in [-0.2, -0.15) is 0 Å². The van der Waals surface area contributed by atoms with Crippen molar-refractivity contribution in [3.05, 3.63) is 45.9 Å². The predicted molar refractivity (Wildman–Crippen MR) is 139 cm³/mol. The molecule has 180 valence electrons. The summed E-state index contributed by atoms with van der Waals surface area (Å²) in [6.07, 6.45) is 7.82. The van der Waals surface area contributed by atoms with E-state index in [1.54, 1.807) is 0 Å². The number of benzene rings is 1. The average molecular weight is 525 g/mol. The van der Waals surface area contributed by atoms with Gasteiger partial charge in [-0.1, -0.05) is 15.9 Å². The highest BCUT2D eigenvalue weighted by molar-refractivity contribution is 9.10. The number of amides is 1. The summed E-state index contributed by atoms with van der Waals surface area (Å²) in [5.74, 6) is 2.09. The van der Waals surface area contributed by atoms with Gasteiger partial charge in [-0.3, -0.25) is 4.79 Å². The molecular weight excluding hydrogens is 492 g/mol. The van der Waals surface area contributed by atoms with Crippen molar-refractivity contribution in [3.63, 3.8) is 0 Å². The molecule has 0 unspecified atom stereocenters. The molecule has 34 heavy (non-hydrogen) atoms. The van der Waals surface area contributed by atoms with Crippen LogP contribution in [0.15, 0.2) is 34.8 Å². The van der Waals surface area contributed by atoms with Crippen molar-refractivity contribution >= 4 is 39.2 Å². The first-order chi connectivity index (χ1) is 16.5. The number of hydrogen-bond acceptors (Lipinski definition) is 5. The maximum absolute atomic E-state index is 13.5. The zero-order chi connectivity index (χ0) is 23.3. The smallest absolute Gasteiger partial charge is 0.258 e. The summed E-state index contributed by atoms with van der Waals surface area (Å²) in [6, 6.07) is 10.3. The lowest BCUT2D eigenvalue weighted by Crippen LogP contribution is -2.41. The zero-order valence-corrected chi connectivity index (χ0v) is 21.4. The molecule has 2 aliphatic heterocycles. The Morgan fingerprint density at radius 2 is 1.88 bits per heavy atom. The summed E-state index contributed by atoms with van der Waals surface area (Å²) in [4.78, 5) is 23.1. The molecule has 6 nitrogen and oxygen atoms in total. The number of nitrogens with zero attached hydrogens (tertiary/aromatic N) is 3. The summed E-state index contributed by atoms with van der Waals surface area (Å²) >= 11 is 3.62. The first-order valence-electron chi connectivity index (χ1n) is 12.7. The number of piperidine rings is 1. The van der Waals surface area contributed by atoms with Crippen LogP contribution in [0.1, 0.15) is 67.3 Å².